The van der Waals surface area contributed by atoms with Crippen molar-refractivity contribution >= 4 is 41.7 Å². The highest BCUT2D eigenvalue weighted by Crippen LogP contribution is 2.10. The number of nitrogens with zero attached hydrogens (tertiary/aromatic N) is 3. The van der Waals surface area contributed by atoms with Crippen molar-refractivity contribution in [2.45, 2.75) is 25.9 Å². The van der Waals surface area contributed by atoms with Crippen LogP contribution in [0.4, 0.5) is 0 Å². The number of aliphatic hydroxyl groups excluding tert-OH is 1. The fraction of sp³-hybridized carbons (Fsp3) is 0.929. The van der Waals surface area contributed by atoms with E-state index in [4.69, 9.17) is 4.99 Å². The van der Waals surface area contributed by atoms with Crippen molar-refractivity contribution in [2.75, 3.05) is 57.3 Å². The average molecular weight is 428 g/mol. The topological polar surface area (TPSA) is 51.1 Å². The summed E-state index contributed by atoms with van der Waals surface area (Å²) >= 11 is 2.05. The summed E-state index contributed by atoms with van der Waals surface area (Å²) in [7, 11) is 0. The predicted molar refractivity (Wildman–Crippen MR) is 102 cm³/mol. The lowest BCUT2D eigenvalue weighted by Gasteiger charge is -2.32. The van der Waals surface area contributed by atoms with Crippen LogP contribution in [0, 0.1) is 0 Å². The van der Waals surface area contributed by atoms with Crippen LogP contribution in [0.5, 0.6) is 0 Å². The maximum atomic E-state index is 9.59. The van der Waals surface area contributed by atoms with E-state index in [-0.39, 0.29) is 30.1 Å². The Morgan fingerprint density at radius 2 is 1.90 bits per heavy atom. The second-order valence-electron chi connectivity index (χ2n) is 5.41. The van der Waals surface area contributed by atoms with Gasteiger partial charge >= 0.3 is 0 Å². The summed E-state index contributed by atoms with van der Waals surface area (Å²) in [5.74, 6) is 3.53. The predicted octanol–water partition coefficient (Wildman–Crippen LogP) is 1.08. The van der Waals surface area contributed by atoms with E-state index in [0.29, 0.717) is 0 Å². The first kappa shape index (κ1) is 19.3. The smallest absolute Gasteiger partial charge is 0.193 e. The number of nitrogens with one attached hydrogen (secondary N) is 1. The summed E-state index contributed by atoms with van der Waals surface area (Å²) in [5, 5.41) is 13.0. The van der Waals surface area contributed by atoms with Gasteiger partial charge in [-0.25, -0.2) is 0 Å². The Morgan fingerprint density at radius 3 is 2.52 bits per heavy atom. The van der Waals surface area contributed by atoms with Crippen LogP contribution in [-0.4, -0.2) is 84.3 Å². The van der Waals surface area contributed by atoms with Gasteiger partial charge < -0.3 is 15.3 Å². The van der Waals surface area contributed by atoms with Crippen molar-refractivity contribution in [1.82, 2.24) is 15.1 Å². The standard InChI is InChI=1S/C14H28N4OS.HI/c1-2-15-14(18-6-3-13(19)4-7-18)16-5-8-17-9-11-20-12-10-17;/h13,19H,2-12H2,1H3,(H,15,16);1H. The molecular formula is C14H29IN4OS. The molecule has 0 atom stereocenters. The number of hydrogen-bond donors (Lipinski definition) is 2. The normalized spacial score (nSPS) is 22.0. The van der Waals surface area contributed by atoms with Crippen molar-refractivity contribution in [1.29, 1.82) is 0 Å². The van der Waals surface area contributed by atoms with Crippen LogP contribution in [0.25, 0.3) is 0 Å². The number of piperidine rings is 1. The summed E-state index contributed by atoms with van der Waals surface area (Å²) in [6.45, 7) is 9.16. The largest absolute Gasteiger partial charge is 0.393 e. The minimum atomic E-state index is -0.125. The molecule has 7 heteroatoms. The number of hydrogen-bond acceptors (Lipinski definition) is 4. The monoisotopic (exact) mass is 428 g/mol. The molecule has 2 aliphatic heterocycles. The molecule has 0 aliphatic carbocycles. The lowest BCUT2D eigenvalue weighted by Crippen LogP contribution is -2.47. The zero-order valence-electron chi connectivity index (χ0n) is 13.0. The zero-order chi connectivity index (χ0) is 14.2. The van der Waals surface area contributed by atoms with Gasteiger partial charge in [-0.15, -0.1) is 24.0 Å². The number of halogens is 1. The summed E-state index contributed by atoms with van der Waals surface area (Å²) in [5.41, 5.74) is 0. The van der Waals surface area contributed by atoms with Crippen LogP contribution >= 0.6 is 35.7 Å². The molecule has 21 heavy (non-hydrogen) atoms. The molecule has 0 bridgehead atoms. The van der Waals surface area contributed by atoms with Crippen LogP contribution in [0.2, 0.25) is 0 Å². The molecule has 0 aromatic heterocycles. The van der Waals surface area contributed by atoms with Crippen LogP contribution in [0.15, 0.2) is 4.99 Å². The third kappa shape index (κ3) is 6.92. The molecule has 0 spiro atoms. The third-order valence-electron chi connectivity index (χ3n) is 3.88. The summed E-state index contributed by atoms with van der Waals surface area (Å²) < 4.78 is 0. The molecule has 0 unspecified atom stereocenters. The Bertz CT molecular complexity index is 305. The maximum absolute atomic E-state index is 9.59. The van der Waals surface area contributed by atoms with Crippen molar-refractivity contribution in [3.05, 3.63) is 0 Å². The molecule has 0 amide bonds. The molecular weight excluding hydrogens is 399 g/mol. The van der Waals surface area contributed by atoms with Crippen LogP contribution in [-0.2, 0) is 0 Å². The first-order chi connectivity index (χ1) is 9.79. The first-order valence-electron chi connectivity index (χ1n) is 7.81. The van der Waals surface area contributed by atoms with E-state index in [1.54, 1.807) is 0 Å². The molecule has 2 saturated heterocycles. The second kappa shape index (κ2) is 10.9. The average Bonchev–Trinajstić information content (AvgIpc) is 2.48. The Kier molecular flexibility index (Phi) is 10.0. The Balaban J connectivity index is 0.00000220. The molecule has 0 saturated carbocycles. The van der Waals surface area contributed by atoms with E-state index in [2.05, 4.69) is 22.0 Å². The molecule has 0 aromatic carbocycles. The Morgan fingerprint density at radius 1 is 1.24 bits per heavy atom. The lowest BCUT2D eigenvalue weighted by atomic mass is 10.1. The van der Waals surface area contributed by atoms with E-state index in [1.807, 2.05) is 11.8 Å². The fourth-order valence-electron chi connectivity index (χ4n) is 2.63. The summed E-state index contributed by atoms with van der Waals surface area (Å²) in [4.78, 5) is 9.54. The van der Waals surface area contributed by atoms with Crippen LogP contribution in [0.1, 0.15) is 19.8 Å². The molecule has 2 rings (SSSR count). The van der Waals surface area contributed by atoms with Gasteiger partial charge in [-0.1, -0.05) is 0 Å². The minimum Gasteiger partial charge on any atom is -0.393 e. The van der Waals surface area contributed by atoms with Crippen LogP contribution in [0.3, 0.4) is 0 Å². The highest BCUT2D eigenvalue weighted by molar-refractivity contribution is 14.0. The van der Waals surface area contributed by atoms with Crippen LogP contribution < -0.4 is 5.32 Å². The first-order valence-corrected chi connectivity index (χ1v) is 8.96. The van der Waals surface area contributed by atoms with E-state index < -0.39 is 0 Å². The SMILES string of the molecule is CCNC(=NCCN1CCSCC1)N1CCC(O)CC1.I. The lowest BCUT2D eigenvalue weighted by molar-refractivity contribution is 0.108. The van der Waals surface area contributed by atoms with Gasteiger partial charge in [0.2, 0.25) is 0 Å². The molecule has 2 aliphatic rings. The number of aliphatic imine (C=N–C) groups is 1. The van der Waals surface area contributed by atoms with Crippen molar-refractivity contribution in [2.24, 2.45) is 4.99 Å². The highest BCUT2D eigenvalue weighted by atomic mass is 127. The third-order valence-corrected chi connectivity index (χ3v) is 4.82. The van der Waals surface area contributed by atoms with Gasteiger partial charge in [0.25, 0.3) is 0 Å². The van der Waals surface area contributed by atoms with E-state index in [0.717, 1.165) is 51.5 Å². The molecule has 2 N–H and O–H groups in total. The molecule has 0 radical (unpaired) electrons. The van der Waals surface area contributed by atoms with E-state index in [1.165, 1.54) is 24.6 Å². The molecule has 2 fully saturated rings. The molecule has 0 aromatic rings. The van der Waals surface area contributed by atoms with E-state index >= 15 is 0 Å². The van der Waals surface area contributed by atoms with Gasteiger partial charge in [-0.05, 0) is 19.8 Å². The quantitative estimate of drug-likeness (QED) is 0.399. The number of rotatable bonds is 4. The van der Waals surface area contributed by atoms with Gasteiger partial charge in [-0.2, -0.15) is 11.8 Å². The number of likely N-dealkylation sites (tertiary alicyclic amines) is 1. The zero-order valence-corrected chi connectivity index (χ0v) is 16.1. The van der Waals surface area contributed by atoms with Gasteiger partial charge in [0, 0.05) is 50.8 Å². The van der Waals surface area contributed by atoms with Gasteiger partial charge in [0.05, 0.1) is 12.6 Å². The Labute approximate surface area is 149 Å². The van der Waals surface area contributed by atoms with Gasteiger partial charge in [-0.3, -0.25) is 9.89 Å². The van der Waals surface area contributed by atoms with Crippen molar-refractivity contribution in [3.8, 4) is 0 Å². The van der Waals surface area contributed by atoms with E-state index in [9.17, 15) is 5.11 Å². The summed E-state index contributed by atoms with van der Waals surface area (Å²) in [6.07, 6.45) is 1.58. The molecule has 124 valence electrons. The highest BCUT2D eigenvalue weighted by Gasteiger charge is 2.19. The summed E-state index contributed by atoms with van der Waals surface area (Å²) in [6, 6.07) is 0. The molecule has 5 nitrogen and oxygen atoms in total. The van der Waals surface area contributed by atoms with Gasteiger partial charge in [0.1, 0.15) is 0 Å². The van der Waals surface area contributed by atoms with Crippen molar-refractivity contribution in [3.63, 3.8) is 0 Å². The number of guanidine groups is 1. The minimum absolute atomic E-state index is 0. The Hall–Kier alpha value is 0.270. The second-order valence-corrected chi connectivity index (χ2v) is 6.63. The number of thioether (sulfide) groups is 1. The van der Waals surface area contributed by atoms with Crippen molar-refractivity contribution < 1.29 is 5.11 Å². The fourth-order valence-corrected chi connectivity index (χ4v) is 3.60. The maximum Gasteiger partial charge on any atom is 0.193 e. The number of aliphatic hydroxyl groups is 1. The molecule has 2 heterocycles. The van der Waals surface area contributed by atoms with Gasteiger partial charge in [0.15, 0.2) is 5.96 Å².